The molecule has 23 heavy (non-hydrogen) atoms. The second-order valence-electron chi connectivity index (χ2n) is 4.73. The molecule has 5 nitrogen and oxygen atoms in total. The molecular formula is C17H18INO4. The van der Waals surface area contributed by atoms with Crippen LogP contribution in [-0.4, -0.2) is 27.2 Å². The Morgan fingerprint density at radius 3 is 2.17 bits per heavy atom. The quantitative estimate of drug-likeness (QED) is 0.718. The van der Waals surface area contributed by atoms with Crippen molar-refractivity contribution in [2.45, 2.75) is 6.42 Å². The lowest BCUT2D eigenvalue weighted by atomic mass is 10.1. The summed E-state index contributed by atoms with van der Waals surface area (Å²) in [6.45, 7) is 0. The van der Waals surface area contributed by atoms with Gasteiger partial charge < -0.3 is 19.5 Å². The smallest absolute Gasteiger partial charge is 0.228 e. The van der Waals surface area contributed by atoms with E-state index in [4.69, 9.17) is 14.2 Å². The largest absolute Gasteiger partial charge is 0.493 e. The Labute approximate surface area is 149 Å². The predicted octanol–water partition coefficient (Wildman–Crippen LogP) is 3.50. The average molecular weight is 427 g/mol. The van der Waals surface area contributed by atoms with E-state index in [0.29, 0.717) is 17.2 Å². The summed E-state index contributed by atoms with van der Waals surface area (Å²) in [5, 5.41) is 2.87. The van der Waals surface area contributed by atoms with E-state index in [-0.39, 0.29) is 12.3 Å². The number of amides is 1. The molecule has 0 radical (unpaired) electrons. The number of halogens is 1. The highest BCUT2D eigenvalue weighted by Crippen LogP contribution is 2.39. The van der Waals surface area contributed by atoms with Crippen LogP contribution in [0.2, 0.25) is 0 Å². The van der Waals surface area contributed by atoms with Gasteiger partial charge in [-0.2, -0.15) is 0 Å². The second kappa shape index (κ2) is 8.05. The van der Waals surface area contributed by atoms with Crippen molar-refractivity contribution >= 4 is 34.2 Å². The lowest BCUT2D eigenvalue weighted by Crippen LogP contribution is -2.15. The first-order valence-corrected chi connectivity index (χ1v) is 8.00. The third-order valence-corrected chi connectivity index (χ3v) is 3.98. The third-order valence-electron chi connectivity index (χ3n) is 3.26. The summed E-state index contributed by atoms with van der Waals surface area (Å²) in [5.41, 5.74) is 1.49. The van der Waals surface area contributed by atoms with Crippen LogP contribution in [0.25, 0.3) is 0 Å². The zero-order valence-electron chi connectivity index (χ0n) is 13.2. The van der Waals surface area contributed by atoms with Crippen molar-refractivity contribution < 1.29 is 19.0 Å². The maximum absolute atomic E-state index is 12.2. The van der Waals surface area contributed by atoms with E-state index in [1.165, 1.54) is 14.2 Å². The van der Waals surface area contributed by atoms with Gasteiger partial charge in [-0.15, -0.1) is 0 Å². The van der Waals surface area contributed by atoms with Gasteiger partial charge in [0.15, 0.2) is 11.5 Å². The number of rotatable bonds is 6. The molecule has 0 unspecified atom stereocenters. The van der Waals surface area contributed by atoms with Crippen LogP contribution < -0.4 is 19.5 Å². The monoisotopic (exact) mass is 427 g/mol. The molecule has 0 aliphatic heterocycles. The number of benzene rings is 2. The fourth-order valence-corrected chi connectivity index (χ4v) is 2.57. The minimum Gasteiger partial charge on any atom is -0.493 e. The summed E-state index contributed by atoms with van der Waals surface area (Å²) in [6.07, 6.45) is 0.176. The molecule has 0 aliphatic rings. The van der Waals surface area contributed by atoms with Crippen LogP contribution >= 0.6 is 22.6 Å². The number of ether oxygens (including phenoxy) is 3. The van der Waals surface area contributed by atoms with Gasteiger partial charge in [0.2, 0.25) is 11.7 Å². The molecule has 2 rings (SSSR count). The van der Waals surface area contributed by atoms with Crippen molar-refractivity contribution in [3.63, 3.8) is 0 Å². The maximum atomic E-state index is 12.2. The van der Waals surface area contributed by atoms with Crippen molar-refractivity contribution in [2.24, 2.45) is 0 Å². The van der Waals surface area contributed by atoms with Crippen LogP contribution in [-0.2, 0) is 11.2 Å². The van der Waals surface area contributed by atoms with Crippen LogP contribution in [0.3, 0.4) is 0 Å². The van der Waals surface area contributed by atoms with Gasteiger partial charge in [0.1, 0.15) is 0 Å². The molecule has 0 spiro atoms. The summed E-state index contributed by atoms with van der Waals surface area (Å²) < 4.78 is 17.1. The highest BCUT2D eigenvalue weighted by molar-refractivity contribution is 14.1. The van der Waals surface area contributed by atoms with E-state index >= 15 is 0 Å². The fourth-order valence-electron chi connectivity index (χ4n) is 2.21. The second-order valence-corrected chi connectivity index (χ2v) is 5.97. The molecule has 0 aliphatic carbocycles. The molecular weight excluding hydrogens is 409 g/mol. The molecule has 2 aromatic carbocycles. The Morgan fingerprint density at radius 2 is 1.61 bits per heavy atom. The minimum absolute atomic E-state index is 0.128. The molecule has 1 N–H and O–H groups in total. The van der Waals surface area contributed by atoms with Gasteiger partial charge in [0.25, 0.3) is 0 Å². The number of anilines is 1. The summed E-state index contributed by atoms with van der Waals surface area (Å²) in [4.78, 5) is 12.2. The zero-order valence-corrected chi connectivity index (χ0v) is 15.3. The SMILES string of the molecule is COc1ccc(CC(=O)Nc2ccc(I)cc2)c(OC)c1OC. The molecule has 0 bridgehead atoms. The highest BCUT2D eigenvalue weighted by atomic mass is 127. The lowest BCUT2D eigenvalue weighted by molar-refractivity contribution is -0.115. The Bertz CT molecular complexity index is 686. The normalized spacial score (nSPS) is 10.1. The molecule has 0 saturated carbocycles. The number of carbonyl (C=O) groups excluding carboxylic acids is 1. The molecule has 0 saturated heterocycles. The number of hydrogen-bond donors (Lipinski definition) is 1. The number of nitrogens with one attached hydrogen (secondary N) is 1. The van der Waals surface area contributed by atoms with Gasteiger partial charge in [-0.3, -0.25) is 4.79 Å². The van der Waals surface area contributed by atoms with Crippen molar-refractivity contribution in [3.8, 4) is 17.2 Å². The van der Waals surface area contributed by atoms with E-state index in [1.807, 2.05) is 24.3 Å². The molecule has 0 fully saturated rings. The fraction of sp³-hybridized carbons (Fsp3) is 0.235. The van der Waals surface area contributed by atoms with Gasteiger partial charge in [-0.1, -0.05) is 6.07 Å². The van der Waals surface area contributed by atoms with Crippen LogP contribution in [0.1, 0.15) is 5.56 Å². The van der Waals surface area contributed by atoms with Crippen LogP contribution in [0.4, 0.5) is 5.69 Å². The van der Waals surface area contributed by atoms with Gasteiger partial charge in [-0.25, -0.2) is 0 Å². The minimum atomic E-state index is -0.128. The molecule has 122 valence electrons. The molecule has 0 atom stereocenters. The first-order valence-electron chi connectivity index (χ1n) is 6.92. The van der Waals surface area contributed by atoms with E-state index < -0.39 is 0 Å². The molecule has 2 aromatic rings. The first kappa shape index (κ1) is 17.4. The summed E-state index contributed by atoms with van der Waals surface area (Å²) in [7, 11) is 4.63. The number of carbonyl (C=O) groups is 1. The highest BCUT2D eigenvalue weighted by Gasteiger charge is 2.17. The third kappa shape index (κ3) is 4.28. The van der Waals surface area contributed by atoms with Gasteiger partial charge in [0, 0.05) is 14.8 Å². The summed E-state index contributed by atoms with van der Waals surface area (Å²) >= 11 is 2.22. The predicted molar refractivity (Wildman–Crippen MR) is 97.6 cm³/mol. The van der Waals surface area contributed by atoms with E-state index in [2.05, 4.69) is 27.9 Å². The van der Waals surface area contributed by atoms with Gasteiger partial charge in [0.05, 0.1) is 27.8 Å². The Morgan fingerprint density at radius 1 is 0.957 bits per heavy atom. The number of methoxy groups -OCH3 is 3. The van der Waals surface area contributed by atoms with Crippen molar-refractivity contribution in [1.29, 1.82) is 0 Å². The maximum Gasteiger partial charge on any atom is 0.228 e. The molecule has 0 aromatic heterocycles. The van der Waals surface area contributed by atoms with E-state index in [0.717, 1.165) is 14.8 Å². The van der Waals surface area contributed by atoms with Crippen molar-refractivity contribution in [2.75, 3.05) is 26.6 Å². The molecule has 0 heterocycles. The molecule has 1 amide bonds. The summed E-state index contributed by atoms with van der Waals surface area (Å²) in [6, 6.07) is 11.2. The zero-order chi connectivity index (χ0) is 16.8. The lowest BCUT2D eigenvalue weighted by Gasteiger charge is -2.15. The molecule has 6 heteroatoms. The average Bonchev–Trinajstić information content (AvgIpc) is 2.56. The van der Waals surface area contributed by atoms with Crippen LogP contribution in [0.15, 0.2) is 36.4 Å². The Balaban J connectivity index is 2.18. The van der Waals surface area contributed by atoms with E-state index in [9.17, 15) is 4.79 Å². The number of hydrogen-bond acceptors (Lipinski definition) is 4. The standard InChI is InChI=1S/C17H18INO4/c1-21-14-9-4-11(16(22-2)17(14)23-3)10-15(20)19-13-7-5-12(18)6-8-13/h4-9H,10H2,1-3H3,(H,19,20). The topological polar surface area (TPSA) is 56.8 Å². The van der Waals surface area contributed by atoms with Crippen molar-refractivity contribution in [3.05, 3.63) is 45.5 Å². The summed E-state index contributed by atoms with van der Waals surface area (Å²) in [5.74, 6) is 1.42. The van der Waals surface area contributed by atoms with E-state index in [1.54, 1.807) is 19.2 Å². The Kier molecular flexibility index (Phi) is 6.09. The van der Waals surface area contributed by atoms with Crippen LogP contribution in [0, 0.1) is 3.57 Å². The van der Waals surface area contributed by atoms with Gasteiger partial charge in [-0.05, 0) is 52.9 Å². The first-order chi connectivity index (χ1) is 11.1. The van der Waals surface area contributed by atoms with Crippen molar-refractivity contribution in [1.82, 2.24) is 0 Å². The van der Waals surface area contributed by atoms with Gasteiger partial charge >= 0.3 is 0 Å². The Hall–Kier alpha value is -1.96. The van der Waals surface area contributed by atoms with Crippen LogP contribution in [0.5, 0.6) is 17.2 Å².